The third-order valence-corrected chi connectivity index (χ3v) is 5.16. The zero-order valence-corrected chi connectivity index (χ0v) is 18.0. The van der Waals surface area contributed by atoms with Gasteiger partial charge in [-0.1, -0.05) is 13.8 Å². The first-order valence-corrected chi connectivity index (χ1v) is 9.96. The van der Waals surface area contributed by atoms with Crippen molar-refractivity contribution in [2.45, 2.75) is 53.5 Å². The molecular weight excluding hydrogens is 338 g/mol. The number of aryl methyl sites for hydroxylation is 2. The lowest BCUT2D eigenvalue weighted by Gasteiger charge is -2.22. The van der Waals surface area contributed by atoms with Crippen LogP contribution in [0.15, 0.2) is 12.1 Å². The van der Waals surface area contributed by atoms with E-state index in [0.717, 1.165) is 65.4 Å². The Kier molecular flexibility index (Phi) is 7.72. The highest BCUT2D eigenvalue weighted by atomic mass is 16.5. The van der Waals surface area contributed by atoms with Gasteiger partial charge in [0.05, 0.1) is 25.3 Å². The zero-order chi connectivity index (χ0) is 20.0. The minimum absolute atomic E-state index is 0.343. The number of hydrogen-bond acceptors (Lipinski definition) is 5. The Bertz CT molecular complexity index is 757. The van der Waals surface area contributed by atoms with E-state index in [4.69, 9.17) is 9.47 Å². The summed E-state index contributed by atoms with van der Waals surface area (Å²) in [6.45, 7) is 14.1. The van der Waals surface area contributed by atoms with Gasteiger partial charge in [-0.2, -0.15) is 0 Å². The summed E-state index contributed by atoms with van der Waals surface area (Å²) in [5.74, 6) is 1.61. The maximum atomic E-state index is 5.79. The van der Waals surface area contributed by atoms with E-state index < -0.39 is 0 Å². The lowest BCUT2D eigenvalue weighted by atomic mass is 10.0. The van der Waals surface area contributed by atoms with E-state index in [0.29, 0.717) is 6.04 Å². The van der Waals surface area contributed by atoms with Gasteiger partial charge in [-0.15, -0.1) is 0 Å². The van der Waals surface area contributed by atoms with Crippen LogP contribution in [0, 0.1) is 13.8 Å². The Morgan fingerprint density at radius 3 is 2.41 bits per heavy atom. The van der Waals surface area contributed by atoms with Gasteiger partial charge < -0.3 is 19.7 Å². The highest BCUT2D eigenvalue weighted by Gasteiger charge is 2.18. The quantitative estimate of drug-likeness (QED) is 0.649. The predicted octanol–water partition coefficient (Wildman–Crippen LogP) is 4.79. The molecule has 2 aromatic rings. The molecule has 0 saturated carbocycles. The van der Waals surface area contributed by atoms with Crippen LogP contribution >= 0.6 is 0 Å². The number of nitrogens with zero attached hydrogens (tertiary/aromatic N) is 2. The number of ether oxygens (including phenoxy) is 2. The molecule has 1 aromatic heterocycles. The molecule has 0 spiro atoms. The van der Waals surface area contributed by atoms with E-state index in [1.54, 1.807) is 14.2 Å². The number of aromatic nitrogens is 1. The van der Waals surface area contributed by atoms with E-state index >= 15 is 0 Å². The summed E-state index contributed by atoms with van der Waals surface area (Å²) in [5, 5.41) is 4.64. The maximum absolute atomic E-state index is 5.79. The van der Waals surface area contributed by atoms with E-state index in [9.17, 15) is 0 Å². The van der Waals surface area contributed by atoms with Crippen molar-refractivity contribution >= 4 is 16.6 Å². The molecular formula is C22H35N3O2. The first-order chi connectivity index (χ1) is 12.9. The minimum atomic E-state index is 0.343. The van der Waals surface area contributed by atoms with Crippen molar-refractivity contribution in [2.24, 2.45) is 0 Å². The standard InChI is InChI=1S/C22H35N3O2/c1-8-25(9-2)12-10-11-16(4)23-18-14-19(26-6)21-20(22(18)27-7)15(3)13-17(5)24-21/h13-14,16,23H,8-12H2,1-7H3. The zero-order valence-electron chi connectivity index (χ0n) is 18.0. The van der Waals surface area contributed by atoms with E-state index in [-0.39, 0.29) is 0 Å². The average molecular weight is 374 g/mol. The van der Waals surface area contributed by atoms with Gasteiger partial charge in [-0.3, -0.25) is 0 Å². The van der Waals surface area contributed by atoms with Crippen molar-refractivity contribution in [1.29, 1.82) is 0 Å². The number of methoxy groups -OCH3 is 2. The van der Waals surface area contributed by atoms with E-state index in [1.165, 1.54) is 6.42 Å². The van der Waals surface area contributed by atoms with Crippen LogP contribution in [-0.2, 0) is 0 Å². The summed E-state index contributed by atoms with van der Waals surface area (Å²) in [4.78, 5) is 7.15. The molecule has 1 aromatic carbocycles. The fraction of sp³-hybridized carbons (Fsp3) is 0.591. The third-order valence-electron chi connectivity index (χ3n) is 5.16. The molecule has 1 atom stereocenters. The first-order valence-electron chi connectivity index (χ1n) is 9.96. The second-order valence-corrected chi connectivity index (χ2v) is 7.18. The molecule has 0 fully saturated rings. The van der Waals surface area contributed by atoms with Gasteiger partial charge in [0.25, 0.3) is 0 Å². The smallest absolute Gasteiger partial charge is 0.151 e. The molecule has 0 aliphatic rings. The van der Waals surface area contributed by atoms with Crippen LogP contribution in [-0.4, -0.2) is 49.8 Å². The highest BCUT2D eigenvalue weighted by Crippen LogP contribution is 2.41. The molecule has 2 rings (SSSR count). The molecule has 5 nitrogen and oxygen atoms in total. The van der Waals surface area contributed by atoms with Crippen LogP contribution in [0.2, 0.25) is 0 Å². The van der Waals surface area contributed by atoms with E-state index in [1.807, 2.05) is 13.0 Å². The monoisotopic (exact) mass is 373 g/mol. The second kappa shape index (κ2) is 9.79. The lowest BCUT2D eigenvalue weighted by Crippen LogP contribution is -2.25. The van der Waals surface area contributed by atoms with Crippen molar-refractivity contribution < 1.29 is 9.47 Å². The van der Waals surface area contributed by atoms with Gasteiger partial charge >= 0.3 is 0 Å². The van der Waals surface area contributed by atoms with Gasteiger partial charge in [0, 0.05) is 17.8 Å². The van der Waals surface area contributed by atoms with Crippen LogP contribution in [0.5, 0.6) is 11.5 Å². The van der Waals surface area contributed by atoms with Crippen LogP contribution in [0.4, 0.5) is 5.69 Å². The summed E-state index contributed by atoms with van der Waals surface area (Å²) in [5.41, 5.74) is 3.94. The molecule has 1 N–H and O–H groups in total. The van der Waals surface area contributed by atoms with Crippen LogP contribution in [0.3, 0.4) is 0 Å². The van der Waals surface area contributed by atoms with Crippen LogP contribution < -0.4 is 14.8 Å². The number of hydrogen-bond donors (Lipinski definition) is 1. The fourth-order valence-corrected chi connectivity index (χ4v) is 3.67. The summed E-state index contributed by atoms with van der Waals surface area (Å²) in [6.07, 6.45) is 2.27. The van der Waals surface area contributed by atoms with Crippen molar-refractivity contribution in [1.82, 2.24) is 9.88 Å². The highest BCUT2D eigenvalue weighted by molar-refractivity contribution is 5.98. The van der Waals surface area contributed by atoms with Gasteiger partial charge in [0.2, 0.25) is 0 Å². The summed E-state index contributed by atoms with van der Waals surface area (Å²) >= 11 is 0. The molecule has 5 heteroatoms. The largest absolute Gasteiger partial charge is 0.494 e. The van der Waals surface area contributed by atoms with Crippen molar-refractivity contribution in [3.8, 4) is 11.5 Å². The number of nitrogens with one attached hydrogen (secondary N) is 1. The van der Waals surface area contributed by atoms with Crippen molar-refractivity contribution in [2.75, 3.05) is 39.2 Å². The topological polar surface area (TPSA) is 46.6 Å². The number of fused-ring (bicyclic) bond motifs is 1. The molecule has 150 valence electrons. The van der Waals surface area contributed by atoms with Gasteiger partial charge in [0.15, 0.2) is 5.75 Å². The summed E-state index contributed by atoms with van der Waals surface area (Å²) in [6, 6.07) is 4.44. The fourth-order valence-electron chi connectivity index (χ4n) is 3.67. The lowest BCUT2D eigenvalue weighted by molar-refractivity contribution is 0.295. The van der Waals surface area contributed by atoms with Crippen molar-refractivity contribution in [3.05, 3.63) is 23.4 Å². The Balaban J connectivity index is 2.27. The Morgan fingerprint density at radius 2 is 1.81 bits per heavy atom. The van der Waals surface area contributed by atoms with Gasteiger partial charge in [-0.25, -0.2) is 4.98 Å². The van der Waals surface area contributed by atoms with Gasteiger partial charge in [-0.05, 0) is 64.9 Å². The number of rotatable bonds is 10. The molecule has 27 heavy (non-hydrogen) atoms. The van der Waals surface area contributed by atoms with Crippen LogP contribution in [0.1, 0.15) is 44.9 Å². The molecule has 0 aliphatic heterocycles. The first kappa shape index (κ1) is 21.3. The Morgan fingerprint density at radius 1 is 1.11 bits per heavy atom. The molecule has 0 saturated heterocycles. The second-order valence-electron chi connectivity index (χ2n) is 7.18. The maximum Gasteiger partial charge on any atom is 0.151 e. The molecule has 0 radical (unpaired) electrons. The Hall–Kier alpha value is -2.01. The molecule has 1 unspecified atom stereocenters. The average Bonchev–Trinajstić information content (AvgIpc) is 2.64. The molecule has 1 heterocycles. The molecule has 0 aliphatic carbocycles. The van der Waals surface area contributed by atoms with Gasteiger partial charge in [0.1, 0.15) is 11.3 Å². The third kappa shape index (κ3) is 5.04. The Labute approximate surface area is 164 Å². The number of pyridine rings is 1. The molecule has 0 bridgehead atoms. The molecule has 0 amide bonds. The summed E-state index contributed by atoms with van der Waals surface area (Å²) < 4.78 is 11.4. The summed E-state index contributed by atoms with van der Waals surface area (Å²) in [7, 11) is 3.41. The number of anilines is 1. The SMILES string of the molecule is CCN(CC)CCCC(C)Nc1cc(OC)c2nc(C)cc(C)c2c1OC. The van der Waals surface area contributed by atoms with Crippen LogP contribution in [0.25, 0.3) is 10.9 Å². The number of benzene rings is 1. The normalized spacial score (nSPS) is 12.4. The van der Waals surface area contributed by atoms with Crippen molar-refractivity contribution in [3.63, 3.8) is 0 Å². The minimum Gasteiger partial charge on any atom is -0.494 e. The predicted molar refractivity (Wildman–Crippen MR) is 114 cm³/mol. The van der Waals surface area contributed by atoms with E-state index in [2.05, 4.69) is 49.0 Å².